The average Bonchev–Trinajstić information content (AvgIpc) is 1.63. The molecule has 0 atom stereocenters. The molecule has 9 heavy (non-hydrogen) atoms. The van der Waals surface area contributed by atoms with E-state index in [2.05, 4.69) is 0 Å². The van der Waals surface area contributed by atoms with Crippen molar-refractivity contribution >= 4 is 23.2 Å². The quantitative estimate of drug-likeness (QED) is 0.496. The van der Waals surface area contributed by atoms with Crippen LogP contribution >= 0.6 is 23.2 Å². The van der Waals surface area contributed by atoms with Crippen LogP contribution in [0.1, 0.15) is 19.3 Å². The van der Waals surface area contributed by atoms with Gasteiger partial charge in [0.05, 0.1) is 0 Å². The van der Waals surface area contributed by atoms with E-state index in [0.29, 0.717) is 19.3 Å². The summed E-state index contributed by atoms with van der Waals surface area (Å²) in [4.78, 5) is -0.385. The van der Waals surface area contributed by atoms with Crippen molar-refractivity contribution in [3.8, 4) is 0 Å². The first-order valence-corrected chi connectivity index (χ1v) is 3.64. The minimum atomic E-state index is -1.22. The van der Waals surface area contributed by atoms with E-state index in [0.717, 1.165) is 0 Å². The standard InChI is InChI=1S/C5H10Cl2O2/c6-4(7)2-1-3-5(8)9/h4-5,8-9H,1-3H2. The Morgan fingerprint density at radius 3 is 2.00 bits per heavy atom. The van der Waals surface area contributed by atoms with Crippen molar-refractivity contribution in [1.82, 2.24) is 0 Å². The summed E-state index contributed by atoms with van der Waals surface area (Å²) in [7, 11) is 0. The highest BCUT2D eigenvalue weighted by Gasteiger charge is 2.00. The van der Waals surface area contributed by atoms with Crippen molar-refractivity contribution in [2.75, 3.05) is 0 Å². The number of halogens is 2. The predicted octanol–water partition coefficient (Wildman–Crippen LogP) is 1.27. The summed E-state index contributed by atoms with van der Waals surface area (Å²) in [6.45, 7) is 0. The maximum absolute atomic E-state index is 8.33. The monoisotopic (exact) mass is 172 g/mol. The second kappa shape index (κ2) is 5.30. The van der Waals surface area contributed by atoms with Gasteiger partial charge in [-0.25, -0.2) is 0 Å². The molecule has 0 aliphatic heterocycles. The van der Waals surface area contributed by atoms with E-state index in [1.165, 1.54) is 0 Å². The van der Waals surface area contributed by atoms with Crippen molar-refractivity contribution in [3.05, 3.63) is 0 Å². The molecule has 0 fully saturated rings. The molecule has 0 aliphatic carbocycles. The predicted molar refractivity (Wildman–Crippen MR) is 37.6 cm³/mol. The smallest absolute Gasteiger partial charge is 0.151 e. The van der Waals surface area contributed by atoms with E-state index in [4.69, 9.17) is 33.4 Å². The van der Waals surface area contributed by atoms with Crippen LogP contribution in [-0.4, -0.2) is 21.3 Å². The first kappa shape index (κ1) is 9.50. The molecule has 0 rings (SSSR count). The van der Waals surface area contributed by atoms with Crippen LogP contribution in [0.4, 0.5) is 0 Å². The molecule has 0 aromatic carbocycles. The number of hydrogen-bond donors (Lipinski definition) is 2. The molecule has 0 heterocycles. The molecule has 2 nitrogen and oxygen atoms in total. The first-order chi connectivity index (χ1) is 4.13. The summed E-state index contributed by atoms with van der Waals surface area (Å²) in [5.41, 5.74) is 0. The number of aliphatic hydroxyl groups excluding tert-OH is 1. The maximum atomic E-state index is 8.33. The highest BCUT2D eigenvalue weighted by Crippen LogP contribution is 2.11. The van der Waals surface area contributed by atoms with Crippen LogP contribution in [0.25, 0.3) is 0 Å². The van der Waals surface area contributed by atoms with Gasteiger partial charge in [-0.05, 0) is 19.3 Å². The normalized spacial score (nSPS) is 11.3. The molecular weight excluding hydrogens is 163 g/mol. The molecule has 0 aliphatic rings. The molecule has 0 saturated carbocycles. The fourth-order valence-corrected chi connectivity index (χ4v) is 0.763. The average molecular weight is 173 g/mol. The Morgan fingerprint density at radius 1 is 1.11 bits per heavy atom. The fraction of sp³-hybridized carbons (Fsp3) is 1.00. The Bertz CT molecular complexity index is 58.0. The van der Waals surface area contributed by atoms with E-state index >= 15 is 0 Å². The van der Waals surface area contributed by atoms with Gasteiger partial charge in [-0.1, -0.05) is 0 Å². The van der Waals surface area contributed by atoms with Gasteiger partial charge in [-0.3, -0.25) is 0 Å². The van der Waals surface area contributed by atoms with E-state index in [1.807, 2.05) is 0 Å². The lowest BCUT2D eigenvalue weighted by Gasteiger charge is -2.02. The molecule has 0 bridgehead atoms. The summed E-state index contributed by atoms with van der Waals surface area (Å²) >= 11 is 10.7. The minimum absolute atomic E-state index is 0.343. The molecule has 0 amide bonds. The fourth-order valence-electron chi connectivity index (χ4n) is 0.455. The lowest BCUT2D eigenvalue weighted by Crippen LogP contribution is -2.03. The van der Waals surface area contributed by atoms with Crippen LogP contribution in [-0.2, 0) is 0 Å². The number of rotatable bonds is 4. The van der Waals surface area contributed by atoms with Crippen molar-refractivity contribution in [3.63, 3.8) is 0 Å². The second-order valence-corrected chi connectivity index (χ2v) is 3.08. The summed E-state index contributed by atoms with van der Waals surface area (Å²) in [5, 5.41) is 16.7. The molecular formula is C5H10Cl2O2. The zero-order valence-electron chi connectivity index (χ0n) is 4.93. The largest absolute Gasteiger partial charge is 0.368 e. The van der Waals surface area contributed by atoms with Gasteiger partial charge < -0.3 is 10.2 Å². The van der Waals surface area contributed by atoms with Crippen LogP contribution in [0.3, 0.4) is 0 Å². The van der Waals surface area contributed by atoms with E-state index < -0.39 is 6.29 Å². The van der Waals surface area contributed by atoms with Gasteiger partial charge in [0.25, 0.3) is 0 Å². The van der Waals surface area contributed by atoms with E-state index in [1.54, 1.807) is 0 Å². The van der Waals surface area contributed by atoms with Gasteiger partial charge in [-0.2, -0.15) is 0 Å². The van der Waals surface area contributed by atoms with Crippen LogP contribution in [0.15, 0.2) is 0 Å². The molecule has 0 aromatic heterocycles. The number of aliphatic hydroxyl groups is 2. The maximum Gasteiger partial charge on any atom is 0.151 e. The number of alkyl halides is 2. The molecule has 0 saturated heterocycles. The summed E-state index contributed by atoms with van der Waals surface area (Å²) < 4.78 is 0. The Morgan fingerprint density at radius 2 is 1.67 bits per heavy atom. The molecule has 2 N–H and O–H groups in total. The van der Waals surface area contributed by atoms with Gasteiger partial charge >= 0.3 is 0 Å². The SMILES string of the molecule is OC(O)CCCC(Cl)Cl. The third-order valence-electron chi connectivity index (χ3n) is 0.885. The molecule has 0 radical (unpaired) electrons. The van der Waals surface area contributed by atoms with Crippen molar-refractivity contribution < 1.29 is 10.2 Å². The van der Waals surface area contributed by atoms with E-state index in [-0.39, 0.29) is 4.84 Å². The van der Waals surface area contributed by atoms with Crippen molar-refractivity contribution in [1.29, 1.82) is 0 Å². The Labute approximate surface area is 64.4 Å². The number of hydrogen-bond acceptors (Lipinski definition) is 2. The van der Waals surface area contributed by atoms with Gasteiger partial charge in [0.15, 0.2) is 6.29 Å². The molecule has 0 aromatic rings. The molecule has 0 spiro atoms. The first-order valence-electron chi connectivity index (χ1n) is 2.77. The third kappa shape index (κ3) is 8.50. The lowest BCUT2D eigenvalue weighted by molar-refractivity contribution is -0.0463. The summed E-state index contributed by atoms with van der Waals surface area (Å²) in [6.07, 6.45) is 0.378. The lowest BCUT2D eigenvalue weighted by atomic mass is 10.2. The van der Waals surface area contributed by atoms with E-state index in [9.17, 15) is 0 Å². The van der Waals surface area contributed by atoms with Crippen LogP contribution < -0.4 is 0 Å². The van der Waals surface area contributed by atoms with Gasteiger partial charge in [0, 0.05) is 0 Å². The molecule has 4 heteroatoms. The van der Waals surface area contributed by atoms with Crippen LogP contribution in [0, 0.1) is 0 Å². The summed E-state index contributed by atoms with van der Waals surface area (Å²) in [5.74, 6) is 0. The molecule has 0 unspecified atom stereocenters. The van der Waals surface area contributed by atoms with Crippen LogP contribution in [0.2, 0.25) is 0 Å². The van der Waals surface area contributed by atoms with Gasteiger partial charge in [0.1, 0.15) is 4.84 Å². The van der Waals surface area contributed by atoms with Gasteiger partial charge in [-0.15, -0.1) is 23.2 Å². The molecule has 56 valence electrons. The third-order valence-corrected chi connectivity index (χ3v) is 1.32. The van der Waals surface area contributed by atoms with Crippen molar-refractivity contribution in [2.24, 2.45) is 0 Å². The van der Waals surface area contributed by atoms with Crippen LogP contribution in [0.5, 0.6) is 0 Å². The summed E-state index contributed by atoms with van der Waals surface area (Å²) in [6, 6.07) is 0. The van der Waals surface area contributed by atoms with Gasteiger partial charge in [0.2, 0.25) is 0 Å². The highest BCUT2D eigenvalue weighted by atomic mass is 35.5. The topological polar surface area (TPSA) is 40.5 Å². The highest BCUT2D eigenvalue weighted by molar-refractivity contribution is 6.44. The van der Waals surface area contributed by atoms with Crippen molar-refractivity contribution in [2.45, 2.75) is 30.4 Å². The Kier molecular flexibility index (Phi) is 5.59. The Hall–Kier alpha value is 0.500. The Balaban J connectivity index is 2.91. The zero-order chi connectivity index (χ0) is 7.28. The zero-order valence-corrected chi connectivity index (χ0v) is 6.44. The second-order valence-electron chi connectivity index (χ2n) is 1.80. The minimum Gasteiger partial charge on any atom is -0.368 e.